The number of aromatic nitrogens is 3. The summed E-state index contributed by atoms with van der Waals surface area (Å²) in [7, 11) is 0. The molecule has 1 fully saturated rings. The predicted octanol–water partition coefficient (Wildman–Crippen LogP) is 0.964. The number of piperazine rings is 1. The highest BCUT2D eigenvalue weighted by molar-refractivity contribution is 5.87. The first-order valence-electron chi connectivity index (χ1n) is 7.47. The molecule has 0 bridgehead atoms. The van der Waals surface area contributed by atoms with Gasteiger partial charge in [0.05, 0.1) is 0 Å². The largest absolute Gasteiger partial charge is 0.476 e. The molecule has 0 unspecified atom stereocenters. The molecule has 1 aliphatic rings. The van der Waals surface area contributed by atoms with Crippen LogP contribution in [0.5, 0.6) is 11.6 Å². The zero-order chi connectivity index (χ0) is 17.1. The van der Waals surface area contributed by atoms with E-state index < -0.39 is 5.97 Å². The van der Waals surface area contributed by atoms with Crippen molar-refractivity contribution in [1.82, 2.24) is 20.3 Å². The summed E-state index contributed by atoms with van der Waals surface area (Å²) < 4.78 is 5.44. The highest BCUT2D eigenvalue weighted by Gasteiger charge is 2.19. The number of carboxylic acids is 1. The molecule has 1 aromatic heterocycles. The van der Waals surface area contributed by atoms with Gasteiger partial charge in [0.25, 0.3) is 5.88 Å². The van der Waals surface area contributed by atoms with Gasteiger partial charge in [0.2, 0.25) is 11.6 Å². The Bertz CT molecular complexity index is 735. The molecule has 1 amide bonds. The van der Waals surface area contributed by atoms with Gasteiger partial charge in [0.1, 0.15) is 5.75 Å². The highest BCUT2D eigenvalue weighted by atomic mass is 16.5. The number of anilines is 1. The van der Waals surface area contributed by atoms with E-state index in [-0.39, 0.29) is 17.5 Å². The van der Waals surface area contributed by atoms with Crippen LogP contribution >= 0.6 is 0 Å². The Balaban J connectivity index is 1.65. The van der Waals surface area contributed by atoms with Gasteiger partial charge in [-0.25, -0.2) is 9.89 Å². The van der Waals surface area contributed by atoms with E-state index in [1.54, 1.807) is 19.1 Å². The summed E-state index contributed by atoms with van der Waals surface area (Å²) in [5, 5.41) is 18.3. The minimum absolute atomic E-state index is 0.0784. The number of carbonyl (C=O) groups excluding carboxylic acids is 1. The molecule has 0 aliphatic carbocycles. The van der Waals surface area contributed by atoms with Crippen LogP contribution in [-0.2, 0) is 4.79 Å². The van der Waals surface area contributed by atoms with Crippen LogP contribution < -0.4 is 9.64 Å². The number of benzene rings is 1. The van der Waals surface area contributed by atoms with Crippen LogP contribution in [0.1, 0.15) is 17.4 Å². The molecule has 1 aromatic carbocycles. The van der Waals surface area contributed by atoms with Crippen LogP contribution in [0.3, 0.4) is 0 Å². The number of carboxylic acid groups (broad SMARTS) is 1. The molecule has 126 valence electrons. The van der Waals surface area contributed by atoms with Gasteiger partial charge in [0.15, 0.2) is 0 Å². The van der Waals surface area contributed by atoms with Crippen molar-refractivity contribution in [2.24, 2.45) is 0 Å². The second-order valence-electron chi connectivity index (χ2n) is 5.39. The van der Waals surface area contributed by atoms with Crippen LogP contribution in [0.2, 0.25) is 0 Å². The van der Waals surface area contributed by atoms with Crippen LogP contribution in [0.15, 0.2) is 24.3 Å². The average Bonchev–Trinajstić information content (AvgIpc) is 3.04. The van der Waals surface area contributed by atoms with Crippen molar-refractivity contribution in [1.29, 1.82) is 0 Å². The molecule has 9 heteroatoms. The van der Waals surface area contributed by atoms with Crippen LogP contribution in [0, 0.1) is 0 Å². The maximum absolute atomic E-state index is 11.3. The molecular weight excluding hydrogens is 314 g/mol. The number of amides is 1. The molecule has 9 nitrogen and oxygen atoms in total. The summed E-state index contributed by atoms with van der Waals surface area (Å²) >= 11 is 0. The van der Waals surface area contributed by atoms with E-state index in [1.807, 2.05) is 17.0 Å². The lowest BCUT2D eigenvalue weighted by Crippen LogP contribution is -2.48. The first kappa shape index (κ1) is 15.8. The SMILES string of the molecule is CC(=O)N1CCN(c2ccc(Oc3nn[nH]c3C(=O)O)cc2)CC1. The summed E-state index contributed by atoms with van der Waals surface area (Å²) in [5.41, 5.74) is 0.823. The normalized spacial score (nSPS) is 14.5. The van der Waals surface area contributed by atoms with Crippen molar-refractivity contribution in [2.75, 3.05) is 31.1 Å². The lowest BCUT2D eigenvalue weighted by Gasteiger charge is -2.35. The van der Waals surface area contributed by atoms with E-state index in [4.69, 9.17) is 9.84 Å². The smallest absolute Gasteiger partial charge is 0.359 e. The number of nitrogens with zero attached hydrogens (tertiary/aromatic N) is 4. The van der Waals surface area contributed by atoms with Crippen molar-refractivity contribution < 1.29 is 19.4 Å². The Morgan fingerprint density at radius 2 is 1.83 bits per heavy atom. The zero-order valence-corrected chi connectivity index (χ0v) is 13.1. The molecule has 1 saturated heterocycles. The number of aromatic carboxylic acids is 1. The van der Waals surface area contributed by atoms with Crippen molar-refractivity contribution in [3.8, 4) is 11.6 Å². The Kier molecular flexibility index (Phi) is 4.32. The third-order valence-corrected chi connectivity index (χ3v) is 3.87. The zero-order valence-electron chi connectivity index (χ0n) is 13.1. The van der Waals surface area contributed by atoms with Gasteiger partial charge in [0, 0.05) is 38.8 Å². The van der Waals surface area contributed by atoms with E-state index in [0.717, 1.165) is 18.8 Å². The highest BCUT2D eigenvalue weighted by Crippen LogP contribution is 2.25. The summed E-state index contributed by atoms with van der Waals surface area (Å²) in [5.74, 6) is -0.696. The number of aromatic amines is 1. The minimum Gasteiger partial charge on any atom is -0.476 e. The van der Waals surface area contributed by atoms with E-state index in [9.17, 15) is 9.59 Å². The molecule has 0 radical (unpaired) electrons. The summed E-state index contributed by atoms with van der Waals surface area (Å²) in [6, 6.07) is 7.26. The van der Waals surface area contributed by atoms with Crippen LogP contribution in [0.4, 0.5) is 5.69 Å². The fraction of sp³-hybridized carbons (Fsp3) is 0.333. The minimum atomic E-state index is -1.19. The van der Waals surface area contributed by atoms with Gasteiger partial charge in [-0.2, -0.15) is 0 Å². The Hall–Kier alpha value is -3.10. The van der Waals surface area contributed by atoms with Gasteiger partial charge in [-0.15, -0.1) is 0 Å². The standard InChI is InChI=1S/C15H17N5O4/c1-10(21)19-6-8-20(9-7-19)11-2-4-12(5-3-11)24-14-13(15(22)23)16-18-17-14/h2-5H,6-9H2,1H3,(H,22,23)(H,16,17,18). The number of nitrogens with one attached hydrogen (secondary N) is 1. The summed E-state index contributed by atoms with van der Waals surface area (Å²) in [4.78, 5) is 26.3. The number of rotatable bonds is 4. The molecule has 0 spiro atoms. The summed E-state index contributed by atoms with van der Waals surface area (Å²) in [6.07, 6.45) is 0. The van der Waals surface area contributed by atoms with Gasteiger partial charge in [-0.3, -0.25) is 4.79 Å². The second-order valence-corrected chi connectivity index (χ2v) is 5.39. The van der Waals surface area contributed by atoms with E-state index >= 15 is 0 Å². The van der Waals surface area contributed by atoms with Crippen molar-refractivity contribution in [3.05, 3.63) is 30.0 Å². The lowest BCUT2D eigenvalue weighted by molar-refractivity contribution is -0.129. The van der Waals surface area contributed by atoms with Gasteiger partial charge in [-0.1, -0.05) is 10.3 Å². The Morgan fingerprint density at radius 3 is 2.42 bits per heavy atom. The fourth-order valence-corrected chi connectivity index (χ4v) is 2.55. The number of H-pyrrole nitrogens is 1. The van der Waals surface area contributed by atoms with Crippen molar-refractivity contribution in [2.45, 2.75) is 6.92 Å². The quantitative estimate of drug-likeness (QED) is 0.858. The van der Waals surface area contributed by atoms with Crippen molar-refractivity contribution in [3.63, 3.8) is 0 Å². The number of ether oxygens (including phenoxy) is 1. The Labute approximate surface area is 137 Å². The molecule has 0 atom stereocenters. The number of hydrogen-bond donors (Lipinski definition) is 2. The molecule has 0 saturated carbocycles. The molecule has 2 heterocycles. The maximum Gasteiger partial charge on any atom is 0.359 e. The molecule has 2 aromatic rings. The van der Waals surface area contributed by atoms with E-state index in [2.05, 4.69) is 20.3 Å². The molecule has 3 rings (SSSR count). The summed E-state index contributed by atoms with van der Waals surface area (Å²) in [6.45, 7) is 4.53. The third kappa shape index (κ3) is 3.29. The van der Waals surface area contributed by atoms with Gasteiger partial charge < -0.3 is 19.6 Å². The molecular formula is C15H17N5O4. The predicted molar refractivity (Wildman–Crippen MR) is 84.3 cm³/mol. The van der Waals surface area contributed by atoms with E-state index in [1.165, 1.54) is 0 Å². The second kappa shape index (κ2) is 6.57. The monoisotopic (exact) mass is 331 g/mol. The molecule has 24 heavy (non-hydrogen) atoms. The molecule has 2 N–H and O–H groups in total. The number of hydrogen-bond acceptors (Lipinski definition) is 6. The average molecular weight is 331 g/mol. The number of carbonyl (C=O) groups is 2. The van der Waals surface area contributed by atoms with Gasteiger partial charge in [-0.05, 0) is 24.3 Å². The van der Waals surface area contributed by atoms with Crippen LogP contribution in [-0.4, -0.2) is 63.5 Å². The van der Waals surface area contributed by atoms with Gasteiger partial charge >= 0.3 is 5.97 Å². The fourth-order valence-electron chi connectivity index (χ4n) is 2.55. The first-order chi connectivity index (χ1) is 11.5. The van der Waals surface area contributed by atoms with Crippen LogP contribution in [0.25, 0.3) is 0 Å². The Morgan fingerprint density at radius 1 is 1.17 bits per heavy atom. The third-order valence-electron chi connectivity index (χ3n) is 3.87. The van der Waals surface area contributed by atoms with Crippen molar-refractivity contribution >= 4 is 17.6 Å². The maximum atomic E-state index is 11.3. The first-order valence-corrected chi connectivity index (χ1v) is 7.47. The van der Waals surface area contributed by atoms with E-state index in [0.29, 0.717) is 18.8 Å². The lowest BCUT2D eigenvalue weighted by atomic mass is 10.2. The topological polar surface area (TPSA) is 112 Å². The molecule has 1 aliphatic heterocycles.